The van der Waals surface area contributed by atoms with Crippen LogP contribution in [0.15, 0.2) is 64.2 Å². The number of carbonyl (C=O) groups excluding carboxylic acids is 1. The van der Waals surface area contributed by atoms with Gasteiger partial charge in [-0.1, -0.05) is 29.8 Å². The van der Waals surface area contributed by atoms with E-state index in [1.165, 1.54) is 30.3 Å². The Hall–Kier alpha value is -2.71. The third-order valence-corrected chi connectivity index (χ3v) is 7.86. The number of amides is 1. The van der Waals surface area contributed by atoms with Crippen molar-refractivity contribution in [1.82, 2.24) is 5.32 Å². The number of aryl methyl sites for hydroxylation is 2. The average molecular weight is 447 g/mol. The number of hydrogen-bond donors (Lipinski definition) is 1. The number of nitrogens with zero attached hydrogens (tertiary/aromatic N) is 1. The van der Waals surface area contributed by atoms with Crippen LogP contribution in [-0.2, 0) is 14.8 Å². The molecule has 158 valence electrons. The van der Waals surface area contributed by atoms with Crippen LogP contribution in [0.4, 0.5) is 10.1 Å². The highest BCUT2D eigenvalue weighted by atomic mass is 32.2. The van der Waals surface area contributed by atoms with Gasteiger partial charge in [0.1, 0.15) is 16.6 Å². The largest absolute Gasteiger partial charge is 0.348 e. The van der Waals surface area contributed by atoms with Crippen LogP contribution in [0, 0.1) is 19.7 Å². The van der Waals surface area contributed by atoms with Crippen molar-refractivity contribution in [3.05, 3.63) is 82.5 Å². The summed E-state index contributed by atoms with van der Waals surface area (Å²) in [6.07, 6.45) is 0. The van der Waals surface area contributed by atoms with Crippen molar-refractivity contribution >= 4 is 33.0 Å². The van der Waals surface area contributed by atoms with Gasteiger partial charge in [0.2, 0.25) is 5.91 Å². The summed E-state index contributed by atoms with van der Waals surface area (Å²) in [5.41, 5.74) is 3.35. The number of rotatable bonds is 7. The Balaban J connectivity index is 1.85. The first-order valence-electron chi connectivity index (χ1n) is 9.37. The summed E-state index contributed by atoms with van der Waals surface area (Å²) >= 11 is 1.06. The van der Waals surface area contributed by atoms with Crippen LogP contribution in [0.25, 0.3) is 0 Å². The molecule has 0 aliphatic heterocycles. The van der Waals surface area contributed by atoms with Crippen molar-refractivity contribution in [3.8, 4) is 0 Å². The lowest BCUT2D eigenvalue weighted by molar-refractivity contribution is -0.120. The highest BCUT2D eigenvalue weighted by Crippen LogP contribution is 2.27. The molecule has 0 bridgehead atoms. The smallest absolute Gasteiger partial charge is 0.274 e. The van der Waals surface area contributed by atoms with Gasteiger partial charge in [-0.2, -0.15) is 0 Å². The van der Waals surface area contributed by atoms with Gasteiger partial charge in [0.25, 0.3) is 10.0 Å². The molecule has 30 heavy (non-hydrogen) atoms. The Morgan fingerprint density at radius 1 is 1.13 bits per heavy atom. The third kappa shape index (κ3) is 4.88. The zero-order valence-corrected chi connectivity index (χ0v) is 18.6. The van der Waals surface area contributed by atoms with E-state index in [1.807, 2.05) is 39.0 Å². The molecule has 8 heteroatoms. The molecular weight excluding hydrogens is 423 g/mol. The van der Waals surface area contributed by atoms with Gasteiger partial charge in [-0.3, -0.25) is 9.10 Å². The van der Waals surface area contributed by atoms with Crippen LogP contribution >= 0.6 is 11.3 Å². The van der Waals surface area contributed by atoms with E-state index in [4.69, 9.17) is 0 Å². The third-order valence-electron chi connectivity index (χ3n) is 4.71. The summed E-state index contributed by atoms with van der Waals surface area (Å²) in [7, 11) is -3.96. The van der Waals surface area contributed by atoms with E-state index in [-0.39, 0.29) is 15.9 Å². The van der Waals surface area contributed by atoms with Crippen molar-refractivity contribution in [2.75, 3.05) is 10.8 Å². The lowest BCUT2D eigenvalue weighted by Gasteiger charge is -2.25. The molecule has 3 aromatic rings. The Kier molecular flexibility index (Phi) is 6.58. The van der Waals surface area contributed by atoms with Crippen LogP contribution in [0.2, 0.25) is 0 Å². The van der Waals surface area contributed by atoms with Crippen LogP contribution in [0.1, 0.15) is 29.7 Å². The van der Waals surface area contributed by atoms with E-state index < -0.39 is 28.3 Å². The molecule has 0 aliphatic carbocycles. The van der Waals surface area contributed by atoms with Crippen molar-refractivity contribution in [3.63, 3.8) is 0 Å². The lowest BCUT2D eigenvalue weighted by atomic mass is 10.0. The summed E-state index contributed by atoms with van der Waals surface area (Å²) in [5.74, 6) is -0.938. The standard InChI is InChI=1S/C22H23FN2O3S2/c1-15-6-11-20(16(2)13-15)17(3)24-21(26)14-25(19-9-7-18(23)8-10-19)30(27,28)22-5-4-12-29-22/h4-13,17H,14H2,1-3H3,(H,24,26)/t17-/m0/s1. The van der Waals surface area contributed by atoms with Crippen LogP contribution in [0.5, 0.6) is 0 Å². The summed E-state index contributed by atoms with van der Waals surface area (Å²) < 4.78 is 40.7. The number of anilines is 1. The Bertz CT molecular complexity index is 1130. The van der Waals surface area contributed by atoms with Gasteiger partial charge in [0.05, 0.1) is 11.7 Å². The molecule has 1 aromatic heterocycles. The van der Waals surface area contributed by atoms with Gasteiger partial charge < -0.3 is 5.32 Å². The fourth-order valence-corrected chi connectivity index (χ4v) is 5.77. The first-order chi connectivity index (χ1) is 14.2. The van der Waals surface area contributed by atoms with Gasteiger partial charge in [-0.05, 0) is 67.6 Å². The van der Waals surface area contributed by atoms with Crippen LogP contribution < -0.4 is 9.62 Å². The van der Waals surface area contributed by atoms with Crippen molar-refractivity contribution in [2.45, 2.75) is 31.0 Å². The number of carbonyl (C=O) groups is 1. The molecule has 2 aromatic carbocycles. The summed E-state index contributed by atoms with van der Waals surface area (Å²) in [4.78, 5) is 12.8. The molecule has 1 amide bonds. The van der Waals surface area contributed by atoms with E-state index in [9.17, 15) is 17.6 Å². The zero-order chi connectivity index (χ0) is 21.9. The normalized spacial score (nSPS) is 12.4. The van der Waals surface area contributed by atoms with E-state index >= 15 is 0 Å². The molecule has 0 radical (unpaired) electrons. The quantitative estimate of drug-likeness (QED) is 0.578. The van der Waals surface area contributed by atoms with Gasteiger partial charge in [-0.15, -0.1) is 11.3 Å². The molecule has 0 fully saturated rings. The molecule has 0 spiro atoms. The number of nitrogens with one attached hydrogen (secondary N) is 1. The molecule has 0 aliphatic rings. The van der Waals surface area contributed by atoms with E-state index in [1.54, 1.807) is 11.4 Å². The van der Waals surface area contributed by atoms with E-state index in [0.717, 1.165) is 32.3 Å². The van der Waals surface area contributed by atoms with E-state index in [0.29, 0.717) is 0 Å². The first-order valence-corrected chi connectivity index (χ1v) is 11.7. The molecule has 3 rings (SSSR count). The minimum atomic E-state index is -3.96. The van der Waals surface area contributed by atoms with Crippen LogP contribution in [-0.4, -0.2) is 20.9 Å². The van der Waals surface area contributed by atoms with Crippen molar-refractivity contribution in [1.29, 1.82) is 0 Å². The maximum absolute atomic E-state index is 13.4. The molecule has 0 saturated heterocycles. The molecular formula is C22H23FN2O3S2. The Morgan fingerprint density at radius 3 is 2.43 bits per heavy atom. The predicted molar refractivity (Wildman–Crippen MR) is 118 cm³/mol. The van der Waals surface area contributed by atoms with E-state index in [2.05, 4.69) is 5.32 Å². The first kappa shape index (κ1) is 22.0. The molecule has 0 saturated carbocycles. The van der Waals surface area contributed by atoms with Gasteiger partial charge in [0, 0.05) is 0 Å². The highest BCUT2D eigenvalue weighted by molar-refractivity contribution is 7.94. The minimum absolute atomic E-state index is 0.113. The number of benzene rings is 2. The second-order valence-corrected chi connectivity index (χ2v) is 10.1. The van der Waals surface area contributed by atoms with Gasteiger partial charge in [0.15, 0.2) is 0 Å². The maximum atomic E-state index is 13.4. The minimum Gasteiger partial charge on any atom is -0.348 e. The number of thiophene rings is 1. The summed E-state index contributed by atoms with van der Waals surface area (Å²) in [6, 6.07) is 13.8. The number of halogens is 1. The summed E-state index contributed by atoms with van der Waals surface area (Å²) in [6.45, 7) is 5.40. The van der Waals surface area contributed by atoms with Crippen molar-refractivity contribution < 1.29 is 17.6 Å². The molecule has 1 heterocycles. The van der Waals surface area contributed by atoms with Gasteiger partial charge >= 0.3 is 0 Å². The number of sulfonamides is 1. The average Bonchev–Trinajstić information content (AvgIpc) is 3.22. The summed E-state index contributed by atoms with van der Waals surface area (Å²) in [5, 5.41) is 4.52. The maximum Gasteiger partial charge on any atom is 0.274 e. The Labute approximate surface area is 180 Å². The molecule has 5 nitrogen and oxygen atoms in total. The molecule has 1 atom stereocenters. The second-order valence-electron chi connectivity index (χ2n) is 7.07. The Morgan fingerprint density at radius 2 is 1.83 bits per heavy atom. The number of hydrogen-bond acceptors (Lipinski definition) is 4. The van der Waals surface area contributed by atoms with Crippen molar-refractivity contribution in [2.24, 2.45) is 0 Å². The zero-order valence-electron chi connectivity index (χ0n) is 16.9. The second kappa shape index (κ2) is 8.97. The molecule has 1 N–H and O–H groups in total. The fraction of sp³-hybridized carbons (Fsp3) is 0.227. The molecule has 0 unspecified atom stereocenters. The monoisotopic (exact) mass is 446 g/mol. The highest BCUT2D eigenvalue weighted by Gasteiger charge is 2.28. The van der Waals surface area contributed by atoms with Gasteiger partial charge in [-0.25, -0.2) is 12.8 Å². The SMILES string of the molecule is Cc1ccc([C@H](C)NC(=O)CN(c2ccc(F)cc2)S(=O)(=O)c2cccs2)c(C)c1. The predicted octanol–water partition coefficient (Wildman–Crippen LogP) is 4.58. The lowest BCUT2D eigenvalue weighted by Crippen LogP contribution is -2.41. The van der Waals surface area contributed by atoms with Crippen LogP contribution in [0.3, 0.4) is 0 Å². The topological polar surface area (TPSA) is 66.5 Å². The fourth-order valence-electron chi connectivity index (χ4n) is 3.25.